The van der Waals surface area contributed by atoms with Gasteiger partial charge in [-0.25, -0.2) is 0 Å². The highest BCUT2D eigenvalue weighted by atomic mass is 79.9. The molecule has 7 heteroatoms. The minimum absolute atomic E-state index is 0.00499. The molecule has 4 rings (SSSR count). The van der Waals surface area contributed by atoms with E-state index in [1.54, 1.807) is 19.2 Å². The number of phenolic OH excluding ortho intramolecular Hbond substituents is 1. The van der Waals surface area contributed by atoms with Crippen LogP contribution in [-0.4, -0.2) is 12.2 Å². The van der Waals surface area contributed by atoms with Crippen LogP contribution in [0.4, 0.5) is 0 Å². The largest absolute Gasteiger partial charge is 0.508 e. The molecule has 0 aromatic heterocycles. The number of nitriles is 1. The van der Waals surface area contributed by atoms with Crippen molar-refractivity contribution in [2.45, 2.75) is 19.4 Å². The van der Waals surface area contributed by atoms with Gasteiger partial charge in [0.25, 0.3) is 0 Å². The number of benzene rings is 3. The second kappa shape index (κ2) is 8.85. The number of aromatic hydroxyl groups is 1. The fourth-order valence-electron chi connectivity index (χ4n) is 3.67. The molecule has 0 spiro atoms. The van der Waals surface area contributed by atoms with Crippen LogP contribution in [0.25, 0.3) is 0 Å². The Hall–Kier alpha value is -3.63. The lowest BCUT2D eigenvalue weighted by Crippen LogP contribution is -2.21. The van der Waals surface area contributed by atoms with Crippen LogP contribution in [0.5, 0.6) is 23.0 Å². The molecule has 1 heterocycles. The molecule has 6 nitrogen and oxygen atoms in total. The Labute approximate surface area is 194 Å². The molecule has 32 heavy (non-hydrogen) atoms. The molecule has 3 N–H and O–H groups in total. The van der Waals surface area contributed by atoms with Crippen molar-refractivity contribution in [3.8, 4) is 29.1 Å². The number of hydrogen-bond acceptors (Lipinski definition) is 6. The number of halogens is 1. The fourth-order valence-corrected chi connectivity index (χ4v) is 4.25. The minimum Gasteiger partial charge on any atom is -0.508 e. The monoisotopic (exact) mass is 492 g/mol. The predicted molar refractivity (Wildman–Crippen MR) is 124 cm³/mol. The molecular weight excluding hydrogens is 472 g/mol. The Kier molecular flexibility index (Phi) is 5.97. The van der Waals surface area contributed by atoms with Crippen LogP contribution in [0.3, 0.4) is 0 Å². The van der Waals surface area contributed by atoms with Gasteiger partial charge in [0, 0.05) is 11.6 Å². The van der Waals surface area contributed by atoms with Crippen LogP contribution in [-0.2, 0) is 6.61 Å². The molecule has 1 aliphatic heterocycles. The van der Waals surface area contributed by atoms with Crippen LogP contribution in [0.2, 0.25) is 0 Å². The highest BCUT2D eigenvalue weighted by Crippen LogP contribution is 2.47. The Bertz CT molecular complexity index is 1250. The van der Waals surface area contributed by atoms with Gasteiger partial charge < -0.3 is 25.1 Å². The van der Waals surface area contributed by atoms with E-state index in [9.17, 15) is 10.4 Å². The average Bonchev–Trinajstić information content (AvgIpc) is 2.77. The highest BCUT2D eigenvalue weighted by Gasteiger charge is 2.32. The standard InChI is InChI=1S/C25H21BrN2O4/c1-14-3-5-15(6-4-14)13-31-24-20(26)9-16(10-22(24)30-2)23-18-8-7-17(29)11-21(18)32-25(28)19(23)12-27/h3-11,23,29H,13,28H2,1-2H3. The number of aryl methyl sites for hydroxylation is 1. The topological polar surface area (TPSA) is 97.7 Å². The van der Waals surface area contributed by atoms with Crippen molar-refractivity contribution in [3.05, 3.63) is 92.8 Å². The molecule has 0 fully saturated rings. The minimum atomic E-state index is -0.485. The van der Waals surface area contributed by atoms with Crippen molar-refractivity contribution in [2.24, 2.45) is 5.73 Å². The Balaban J connectivity index is 1.74. The zero-order chi connectivity index (χ0) is 22.8. The van der Waals surface area contributed by atoms with E-state index < -0.39 is 5.92 Å². The summed E-state index contributed by atoms with van der Waals surface area (Å²) in [5, 5.41) is 19.6. The maximum absolute atomic E-state index is 9.84. The molecule has 3 aromatic rings. The van der Waals surface area contributed by atoms with E-state index in [-0.39, 0.29) is 17.2 Å². The average molecular weight is 493 g/mol. The zero-order valence-corrected chi connectivity index (χ0v) is 19.1. The third-order valence-corrected chi connectivity index (χ3v) is 5.88. The Morgan fingerprint density at radius 2 is 1.91 bits per heavy atom. The first kappa shape index (κ1) is 21.6. The van der Waals surface area contributed by atoms with Crippen LogP contribution in [0.1, 0.15) is 28.2 Å². The second-order valence-electron chi connectivity index (χ2n) is 7.46. The molecule has 1 unspecified atom stereocenters. The molecule has 0 radical (unpaired) electrons. The smallest absolute Gasteiger partial charge is 0.205 e. The quantitative estimate of drug-likeness (QED) is 0.503. The number of ether oxygens (including phenoxy) is 3. The molecule has 3 aromatic carbocycles. The predicted octanol–water partition coefficient (Wildman–Crippen LogP) is 5.27. The first-order valence-corrected chi connectivity index (χ1v) is 10.7. The normalized spacial score (nSPS) is 14.9. The number of allylic oxidation sites excluding steroid dienone is 1. The van der Waals surface area contributed by atoms with Gasteiger partial charge in [0.1, 0.15) is 29.7 Å². The van der Waals surface area contributed by atoms with Gasteiger partial charge in [-0.15, -0.1) is 0 Å². The highest BCUT2D eigenvalue weighted by molar-refractivity contribution is 9.10. The number of fused-ring (bicyclic) bond motifs is 1. The molecule has 0 saturated carbocycles. The van der Waals surface area contributed by atoms with Gasteiger partial charge >= 0.3 is 0 Å². The van der Waals surface area contributed by atoms with E-state index in [1.165, 1.54) is 11.6 Å². The molecule has 0 saturated heterocycles. The number of hydrogen-bond donors (Lipinski definition) is 2. The third kappa shape index (κ3) is 4.10. The number of nitrogens with zero attached hydrogens (tertiary/aromatic N) is 1. The van der Waals surface area contributed by atoms with Gasteiger partial charge in [-0.05, 0) is 52.2 Å². The van der Waals surface area contributed by atoms with Gasteiger partial charge in [-0.3, -0.25) is 0 Å². The Morgan fingerprint density at radius 3 is 2.59 bits per heavy atom. The number of rotatable bonds is 5. The van der Waals surface area contributed by atoms with E-state index in [0.717, 1.165) is 16.7 Å². The van der Waals surface area contributed by atoms with Gasteiger partial charge in [0.15, 0.2) is 11.5 Å². The molecule has 1 aliphatic rings. The summed E-state index contributed by atoms with van der Waals surface area (Å²) >= 11 is 3.59. The summed E-state index contributed by atoms with van der Waals surface area (Å²) in [4.78, 5) is 0. The number of methoxy groups -OCH3 is 1. The van der Waals surface area contributed by atoms with Crippen molar-refractivity contribution < 1.29 is 19.3 Å². The molecular formula is C25H21BrN2O4. The molecule has 162 valence electrons. The SMILES string of the molecule is COc1cc(C2C(C#N)=C(N)Oc3cc(O)ccc32)cc(Br)c1OCc1ccc(C)cc1. The summed E-state index contributed by atoms with van der Waals surface area (Å²) < 4.78 is 17.9. The van der Waals surface area contributed by atoms with E-state index in [2.05, 4.69) is 22.0 Å². The summed E-state index contributed by atoms with van der Waals surface area (Å²) in [6.45, 7) is 2.42. The summed E-state index contributed by atoms with van der Waals surface area (Å²) in [5.74, 6) is 1.05. The van der Waals surface area contributed by atoms with Crippen molar-refractivity contribution in [1.82, 2.24) is 0 Å². The van der Waals surface area contributed by atoms with E-state index in [0.29, 0.717) is 28.3 Å². The molecule has 0 amide bonds. The van der Waals surface area contributed by atoms with Crippen molar-refractivity contribution in [2.75, 3.05) is 7.11 Å². The van der Waals surface area contributed by atoms with Crippen molar-refractivity contribution >= 4 is 15.9 Å². The zero-order valence-electron chi connectivity index (χ0n) is 17.6. The maximum Gasteiger partial charge on any atom is 0.205 e. The fraction of sp³-hybridized carbons (Fsp3) is 0.160. The van der Waals surface area contributed by atoms with Gasteiger partial charge in [0.2, 0.25) is 5.88 Å². The van der Waals surface area contributed by atoms with Gasteiger partial charge in [0.05, 0.1) is 17.5 Å². The first-order valence-electron chi connectivity index (χ1n) is 9.87. The van der Waals surface area contributed by atoms with E-state index in [4.69, 9.17) is 19.9 Å². The van der Waals surface area contributed by atoms with Gasteiger partial charge in [-0.2, -0.15) is 5.26 Å². The maximum atomic E-state index is 9.84. The molecule has 1 atom stereocenters. The lowest BCUT2D eigenvalue weighted by Gasteiger charge is -2.27. The van der Waals surface area contributed by atoms with Crippen molar-refractivity contribution in [3.63, 3.8) is 0 Å². The van der Waals surface area contributed by atoms with Crippen molar-refractivity contribution in [1.29, 1.82) is 5.26 Å². The summed E-state index contributed by atoms with van der Waals surface area (Å²) in [7, 11) is 1.57. The third-order valence-electron chi connectivity index (χ3n) is 5.29. The first-order chi connectivity index (χ1) is 15.4. The molecule has 0 bridgehead atoms. The van der Waals surface area contributed by atoms with Gasteiger partial charge in [-0.1, -0.05) is 35.9 Å². The van der Waals surface area contributed by atoms with Crippen LogP contribution >= 0.6 is 15.9 Å². The van der Waals surface area contributed by atoms with Crippen LogP contribution in [0, 0.1) is 18.3 Å². The van der Waals surface area contributed by atoms with E-state index in [1.807, 2.05) is 43.3 Å². The number of phenols is 1. The number of nitrogens with two attached hydrogens (primary N) is 1. The van der Waals surface area contributed by atoms with E-state index >= 15 is 0 Å². The summed E-state index contributed by atoms with van der Waals surface area (Å²) in [5.41, 5.74) is 10.0. The lowest BCUT2D eigenvalue weighted by atomic mass is 9.83. The van der Waals surface area contributed by atoms with Crippen LogP contribution in [0.15, 0.2) is 70.5 Å². The van der Waals surface area contributed by atoms with Crippen LogP contribution < -0.4 is 19.9 Å². The summed E-state index contributed by atoms with van der Waals surface area (Å²) in [6.07, 6.45) is 0. The Morgan fingerprint density at radius 1 is 1.16 bits per heavy atom. The second-order valence-corrected chi connectivity index (χ2v) is 8.31. The summed E-state index contributed by atoms with van der Waals surface area (Å²) in [6, 6.07) is 18.7. The molecule has 0 aliphatic carbocycles. The lowest BCUT2D eigenvalue weighted by molar-refractivity contribution is 0.282.